The van der Waals surface area contributed by atoms with Gasteiger partial charge in [-0.05, 0) is 35.2 Å². The second kappa shape index (κ2) is 7.22. The van der Waals surface area contributed by atoms with Crippen LogP contribution in [0.2, 0.25) is 0 Å². The maximum atomic E-state index is 13.7. The molecular weight excluding hydrogens is 325 g/mol. The van der Waals surface area contributed by atoms with Gasteiger partial charge in [-0.15, -0.1) is 0 Å². The van der Waals surface area contributed by atoms with Crippen LogP contribution in [0.5, 0.6) is 0 Å². The van der Waals surface area contributed by atoms with E-state index < -0.39 is 0 Å². The number of rotatable bonds is 4. The molecule has 0 aromatic heterocycles. The molecule has 1 unspecified atom stereocenters. The van der Waals surface area contributed by atoms with Gasteiger partial charge in [0.2, 0.25) is 0 Å². The Morgan fingerprint density at radius 3 is 2.35 bits per heavy atom. The molecule has 1 aliphatic heterocycles. The van der Waals surface area contributed by atoms with Gasteiger partial charge in [-0.3, -0.25) is 9.69 Å². The second-order valence-corrected chi connectivity index (χ2v) is 6.75. The van der Waals surface area contributed by atoms with Crippen LogP contribution in [0.1, 0.15) is 27.0 Å². The fourth-order valence-electron chi connectivity index (χ4n) is 3.64. The smallest absolute Gasteiger partial charge is 0.180 e. The minimum atomic E-state index is -0.285. The average Bonchev–Trinajstić information content (AvgIpc) is 2.68. The molecule has 4 rings (SSSR count). The maximum absolute atomic E-state index is 13.7. The lowest BCUT2D eigenvalue weighted by Gasteiger charge is -2.36. The number of carbonyl (C=O) groups is 1. The maximum Gasteiger partial charge on any atom is 0.180 e. The summed E-state index contributed by atoms with van der Waals surface area (Å²) < 4.78 is 13.7. The van der Waals surface area contributed by atoms with Gasteiger partial charge in [0.15, 0.2) is 5.78 Å². The van der Waals surface area contributed by atoms with Gasteiger partial charge in [-0.2, -0.15) is 0 Å². The summed E-state index contributed by atoms with van der Waals surface area (Å²) in [6, 6.07) is 24.2. The molecule has 130 valence electrons. The van der Waals surface area contributed by atoms with Crippen LogP contribution in [0.3, 0.4) is 0 Å². The molecule has 26 heavy (non-hydrogen) atoms. The minimum absolute atomic E-state index is 0.0939. The van der Waals surface area contributed by atoms with Crippen LogP contribution in [-0.2, 0) is 19.5 Å². The number of fused-ring (bicyclic) bond motifs is 1. The van der Waals surface area contributed by atoms with Crippen LogP contribution < -0.4 is 0 Å². The summed E-state index contributed by atoms with van der Waals surface area (Å²) in [5.74, 6) is -0.150. The summed E-state index contributed by atoms with van der Waals surface area (Å²) in [5.41, 5.74) is 3.90. The predicted molar refractivity (Wildman–Crippen MR) is 100 cm³/mol. The molecule has 1 atom stereocenters. The molecular formula is C23H20FNO. The van der Waals surface area contributed by atoms with E-state index in [2.05, 4.69) is 17.0 Å². The lowest BCUT2D eigenvalue weighted by atomic mass is 9.89. The lowest BCUT2D eigenvalue weighted by molar-refractivity contribution is 0.0769. The Morgan fingerprint density at radius 1 is 0.923 bits per heavy atom. The Balaban J connectivity index is 1.68. The van der Waals surface area contributed by atoms with Gasteiger partial charge in [0.05, 0.1) is 6.04 Å². The van der Waals surface area contributed by atoms with Gasteiger partial charge in [-0.25, -0.2) is 4.39 Å². The van der Waals surface area contributed by atoms with Crippen molar-refractivity contribution in [2.45, 2.75) is 25.6 Å². The van der Waals surface area contributed by atoms with Crippen molar-refractivity contribution in [3.63, 3.8) is 0 Å². The highest BCUT2D eigenvalue weighted by Gasteiger charge is 2.32. The van der Waals surface area contributed by atoms with Crippen molar-refractivity contribution in [3.05, 3.63) is 107 Å². The summed E-state index contributed by atoms with van der Waals surface area (Å²) in [7, 11) is 0. The summed E-state index contributed by atoms with van der Waals surface area (Å²) in [6.45, 7) is 1.34. The van der Waals surface area contributed by atoms with Gasteiger partial charge in [0.1, 0.15) is 5.82 Å². The molecule has 0 saturated carbocycles. The molecule has 3 aromatic carbocycles. The van der Waals surface area contributed by atoms with Crippen molar-refractivity contribution in [1.82, 2.24) is 4.90 Å². The first-order chi connectivity index (χ1) is 12.7. The zero-order valence-corrected chi connectivity index (χ0v) is 14.4. The first-order valence-electron chi connectivity index (χ1n) is 8.85. The first kappa shape index (κ1) is 16.7. The zero-order chi connectivity index (χ0) is 17.9. The molecule has 0 fully saturated rings. The van der Waals surface area contributed by atoms with E-state index in [1.54, 1.807) is 6.07 Å². The number of carbonyl (C=O) groups excluding carboxylic acids is 1. The molecule has 0 N–H and O–H groups in total. The van der Waals surface area contributed by atoms with Crippen molar-refractivity contribution in [1.29, 1.82) is 0 Å². The van der Waals surface area contributed by atoms with Crippen LogP contribution in [0.15, 0.2) is 78.9 Å². The quantitative estimate of drug-likeness (QED) is 0.642. The molecule has 2 nitrogen and oxygen atoms in total. The molecule has 1 aliphatic rings. The molecule has 3 aromatic rings. The number of nitrogens with zero attached hydrogens (tertiary/aromatic N) is 1. The number of Topliss-reactive ketones (excluding diaryl/α,β-unsaturated/α-hetero) is 1. The van der Waals surface area contributed by atoms with E-state index in [1.165, 1.54) is 11.6 Å². The predicted octanol–water partition coefficient (Wildman–Crippen LogP) is 4.64. The summed E-state index contributed by atoms with van der Waals surface area (Å²) >= 11 is 0. The van der Waals surface area contributed by atoms with E-state index in [0.717, 1.165) is 11.1 Å². The van der Waals surface area contributed by atoms with Crippen LogP contribution in [-0.4, -0.2) is 16.7 Å². The van der Waals surface area contributed by atoms with Gasteiger partial charge >= 0.3 is 0 Å². The third kappa shape index (κ3) is 3.44. The van der Waals surface area contributed by atoms with Crippen molar-refractivity contribution < 1.29 is 9.18 Å². The van der Waals surface area contributed by atoms with Crippen molar-refractivity contribution >= 4 is 5.78 Å². The van der Waals surface area contributed by atoms with Crippen molar-refractivity contribution in [3.8, 4) is 0 Å². The van der Waals surface area contributed by atoms with Gasteiger partial charge < -0.3 is 0 Å². The molecule has 3 heteroatoms. The Bertz CT molecular complexity index is 908. The summed E-state index contributed by atoms with van der Waals surface area (Å²) in [6.07, 6.45) is 0.535. The highest BCUT2D eigenvalue weighted by atomic mass is 19.1. The number of hydrogen-bond acceptors (Lipinski definition) is 2. The van der Waals surface area contributed by atoms with E-state index in [4.69, 9.17) is 0 Å². The fourth-order valence-corrected chi connectivity index (χ4v) is 3.64. The number of benzene rings is 3. The van der Waals surface area contributed by atoms with Crippen molar-refractivity contribution in [2.75, 3.05) is 0 Å². The SMILES string of the molecule is O=C(c1ccccc1)C1Cc2cc(F)ccc2CN1Cc1ccccc1. The van der Waals surface area contributed by atoms with Gasteiger partial charge in [0, 0.05) is 18.7 Å². The minimum Gasteiger partial charge on any atom is -0.292 e. The Hall–Kier alpha value is -2.78. The summed E-state index contributed by atoms with van der Waals surface area (Å²) in [4.78, 5) is 15.4. The molecule has 1 heterocycles. The molecule has 0 bridgehead atoms. The van der Waals surface area contributed by atoms with E-state index in [9.17, 15) is 9.18 Å². The Morgan fingerprint density at radius 2 is 1.62 bits per heavy atom. The van der Waals surface area contributed by atoms with E-state index >= 15 is 0 Å². The highest BCUT2D eigenvalue weighted by molar-refractivity contribution is 6.00. The Labute approximate surface area is 152 Å². The van der Waals surface area contributed by atoms with Crippen LogP contribution >= 0.6 is 0 Å². The normalized spacial score (nSPS) is 16.9. The van der Waals surface area contributed by atoms with E-state index in [1.807, 2.05) is 54.6 Å². The Kier molecular flexibility index (Phi) is 4.63. The lowest BCUT2D eigenvalue weighted by Crippen LogP contribution is -2.45. The monoisotopic (exact) mass is 345 g/mol. The van der Waals surface area contributed by atoms with E-state index in [0.29, 0.717) is 25.1 Å². The molecule has 0 saturated heterocycles. The number of ketones is 1. The molecule has 0 spiro atoms. The number of hydrogen-bond donors (Lipinski definition) is 0. The second-order valence-electron chi connectivity index (χ2n) is 6.75. The largest absolute Gasteiger partial charge is 0.292 e. The van der Waals surface area contributed by atoms with Crippen molar-refractivity contribution in [2.24, 2.45) is 0 Å². The third-order valence-electron chi connectivity index (χ3n) is 4.99. The van der Waals surface area contributed by atoms with Gasteiger partial charge in [0.25, 0.3) is 0 Å². The standard InChI is InChI=1S/C23H20FNO/c24-21-12-11-19-16-25(15-17-7-3-1-4-8-17)22(14-20(19)13-21)23(26)18-9-5-2-6-10-18/h1-13,22H,14-16H2. The van der Waals surface area contributed by atoms with Crippen LogP contribution in [0.25, 0.3) is 0 Å². The molecule has 0 aliphatic carbocycles. The zero-order valence-electron chi connectivity index (χ0n) is 14.4. The van der Waals surface area contributed by atoms with Crippen LogP contribution in [0, 0.1) is 5.82 Å². The topological polar surface area (TPSA) is 20.3 Å². The van der Waals surface area contributed by atoms with E-state index in [-0.39, 0.29) is 17.6 Å². The van der Waals surface area contributed by atoms with Crippen LogP contribution in [0.4, 0.5) is 4.39 Å². The first-order valence-corrected chi connectivity index (χ1v) is 8.85. The molecule has 0 radical (unpaired) electrons. The number of halogens is 1. The highest BCUT2D eigenvalue weighted by Crippen LogP contribution is 2.27. The van der Waals surface area contributed by atoms with Gasteiger partial charge in [-0.1, -0.05) is 66.7 Å². The average molecular weight is 345 g/mol. The third-order valence-corrected chi connectivity index (χ3v) is 4.99. The fraction of sp³-hybridized carbons (Fsp3) is 0.174. The molecule has 0 amide bonds. The summed E-state index contributed by atoms with van der Waals surface area (Å²) in [5, 5.41) is 0.